The molecule has 0 aromatic heterocycles. The van der Waals surface area contributed by atoms with Crippen molar-refractivity contribution in [3.63, 3.8) is 0 Å². The topological polar surface area (TPSA) is 6.48 Å². The normalized spacial score (nSPS) is 14.6. The first-order valence-corrected chi connectivity index (χ1v) is 12.1. The van der Waals surface area contributed by atoms with Gasteiger partial charge >= 0.3 is 0 Å². The molecule has 0 saturated carbocycles. The molecule has 0 radical (unpaired) electrons. The van der Waals surface area contributed by atoms with Crippen LogP contribution in [0.1, 0.15) is 88.5 Å². The fourth-order valence-corrected chi connectivity index (χ4v) is 4.72. The number of para-hydroxylation sites is 2. The van der Waals surface area contributed by atoms with Crippen LogP contribution in [0.15, 0.2) is 48.8 Å². The third kappa shape index (κ3) is 4.74. The van der Waals surface area contributed by atoms with Crippen molar-refractivity contribution in [2.75, 3.05) is 16.5 Å². The highest BCUT2D eigenvalue weighted by atomic mass is 15.3. The van der Waals surface area contributed by atoms with Crippen LogP contribution in [0.2, 0.25) is 0 Å². The number of hydrogen-bond donors (Lipinski definition) is 0. The molecule has 0 N–H and O–H groups in total. The molecule has 1 unspecified atom stereocenters. The van der Waals surface area contributed by atoms with E-state index in [1.165, 1.54) is 59.3 Å². The molecule has 1 aliphatic rings. The van der Waals surface area contributed by atoms with E-state index in [1.807, 2.05) is 0 Å². The van der Waals surface area contributed by atoms with Gasteiger partial charge in [0.05, 0.1) is 6.67 Å². The summed E-state index contributed by atoms with van der Waals surface area (Å²) in [6.45, 7) is 12.4. The highest BCUT2D eigenvalue weighted by Gasteiger charge is 2.24. The molecule has 2 nitrogen and oxygen atoms in total. The van der Waals surface area contributed by atoms with E-state index in [2.05, 4.69) is 93.2 Å². The van der Waals surface area contributed by atoms with Crippen LogP contribution in [0, 0.1) is 0 Å². The Bertz CT molecular complexity index is 827. The Balaban J connectivity index is 1.98. The van der Waals surface area contributed by atoms with E-state index in [0.717, 1.165) is 25.9 Å². The third-order valence-corrected chi connectivity index (χ3v) is 6.36. The lowest BCUT2D eigenvalue weighted by Crippen LogP contribution is -2.28. The van der Waals surface area contributed by atoms with Gasteiger partial charge < -0.3 is 9.80 Å². The number of anilines is 2. The summed E-state index contributed by atoms with van der Waals surface area (Å²) in [5.41, 5.74) is 8.83. The van der Waals surface area contributed by atoms with Gasteiger partial charge in [0.2, 0.25) is 0 Å². The molecule has 0 spiro atoms. The Hall–Kier alpha value is -2.22. The van der Waals surface area contributed by atoms with Gasteiger partial charge in [0.1, 0.15) is 0 Å². The van der Waals surface area contributed by atoms with E-state index in [9.17, 15) is 0 Å². The SMILES string of the molecule is CCCc1cccc(CCC)c1N1C=CN(c2c(CCC)cccc2C(C)CC)C1. The van der Waals surface area contributed by atoms with Crippen LogP contribution in [-0.4, -0.2) is 6.67 Å². The fraction of sp³-hybridized carbons (Fsp3) is 0.500. The Morgan fingerprint density at radius 2 is 1.17 bits per heavy atom. The minimum atomic E-state index is 0.572. The second kappa shape index (κ2) is 10.7. The summed E-state index contributed by atoms with van der Waals surface area (Å²) in [5, 5.41) is 0. The highest BCUT2D eigenvalue weighted by Crippen LogP contribution is 2.37. The first kappa shape index (κ1) is 22.5. The van der Waals surface area contributed by atoms with E-state index < -0.39 is 0 Å². The van der Waals surface area contributed by atoms with E-state index in [1.54, 1.807) is 0 Å². The van der Waals surface area contributed by atoms with Crippen LogP contribution >= 0.6 is 0 Å². The predicted molar refractivity (Wildman–Crippen MR) is 133 cm³/mol. The van der Waals surface area contributed by atoms with Gasteiger partial charge in [0, 0.05) is 23.8 Å². The molecule has 1 heterocycles. The molecule has 2 aromatic carbocycles. The number of benzene rings is 2. The average Bonchev–Trinajstić information content (AvgIpc) is 3.23. The molecule has 30 heavy (non-hydrogen) atoms. The second-order valence-electron chi connectivity index (χ2n) is 8.72. The minimum absolute atomic E-state index is 0.572. The number of nitrogens with zero attached hydrogens (tertiary/aromatic N) is 2. The molecule has 2 aromatic rings. The van der Waals surface area contributed by atoms with Crippen molar-refractivity contribution < 1.29 is 0 Å². The zero-order chi connectivity index (χ0) is 21.5. The molecule has 0 bridgehead atoms. The molecule has 0 aliphatic carbocycles. The summed E-state index contributed by atoms with van der Waals surface area (Å²) in [5.74, 6) is 0.572. The summed E-state index contributed by atoms with van der Waals surface area (Å²) >= 11 is 0. The van der Waals surface area contributed by atoms with E-state index in [4.69, 9.17) is 0 Å². The van der Waals surface area contributed by atoms with Crippen molar-refractivity contribution in [3.05, 3.63) is 71.1 Å². The number of hydrogen-bond acceptors (Lipinski definition) is 2. The van der Waals surface area contributed by atoms with Gasteiger partial charge in [-0.3, -0.25) is 0 Å². The molecule has 0 saturated heterocycles. The Kier molecular flexibility index (Phi) is 8.01. The maximum atomic E-state index is 2.49. The lowest BCUT2D eigenvalue weighted by atomic mass is 9.92. The van der Waals surface area contributed by atoms with Crippen LogP contribution in [-0.2, 0) is 19.3 Å². The van der Waals surface area contributed by atoms with Crippen molar-refractivity contribution in [2.24, 2.45) is 0 Å². The largest absolute Gasteiger partial charge is 0.328 e. The zero-order valence-electron chi connectivity index (χ0n) is 19.7. The van der Waals surface area contributed by atoms with Crippen molar-refractivity contribution in [1.29, 1.82) is 0 Å². The quantitative estimate of drug-likeness (QED) is 0.398. The summed E-state index contributed by atoms with van der Waals surface area (Å²) in [7, 11) is 0. The van der Waals surface area contributed by atoms with E-state index >= 15 is 0 Å². The predicted octanol–water partition coefficient (Wildman–Crippen LogP) is 7.81. The smallest absolute Gasteiger partial charge is 0.0989 e. The molecular weight excluding hydrogens is 364 g/mol. The molecule has 3 rings (SSSR count). The van der Waals surface area contributed by atoms with Gasteiger partial charge in [0.15, 0.2) is 0 Å². The van der Waals surface area contributed by atoms with E-state index in [-0.39, 0.29) is 0 Å². The second-order valence-corrected chi connectivity index (χ2v) is 8.72. The standard InChI is InChI=1S/C28H40N2/c1-6-12-23-15-10-16-24(13-7-2)27(23)29-19-20-30(21-29)28-25(14-8-3)17-11-18-26(28)22(5)9-4/h10-11,15-20,22H,6-9,12-14,21H2,1-5H3. The molecule has 2 heteroatoms. The molecular formula is C28H40N2. The van der Waals surface area contributed by atoms with Gasteiger partial charge in [-0.25, -0.2) is 0 Å². The van der Waals surface area contributed by atoms with Gasteiger partial charge in [-0.2, -0.15) is 0 Å². The summed E-state index contributed by atoms with van der Waals surface area (Å²) in [6.07, 6.45) is 12.7. The summed E-state index contributed by atoms with van der Waals surface area (Å²) in [4.78, 5) is 4.98. The van der Waals surface area contributed by atoms with Gasteiger partial charge in [-0.1, -0.05) is 90.3 Å². The van der Waals surface area contributed by atoms with Gasteiger partial charge in [-0.05, 0) is 53.9 Å². The van der Waals surface area contributed by atoms with Crippen molar-refractivity contribution in [1.82, 2.24) is 0 Å². The third-order valence-electron chi connectivity index (χ3n) is 6.36. The minimum Gasteiger partial charge on any atom is -0.328 e. The number of rotatable bonds is 10. The van der Waals surface area contributed by atoms with Gasteiger partial charge in [0.25, 0.3) is 0 Å². The van der Waals surface area contributed by atoms with Gasteiger partial charge in [-0.15, -0.1) is 0 Å². The van der Waals surface area contributed by atoms with Crippen molar-refractivity contribution in [3.8, 4) is 0 Å². The Morgan fingerprint density at radius 3 is 1.67 bits per heavy atom. The molecule has 0 fully saturated rings. The lowest BCUT2D eigenvalue weighted by molar-refractivity contribution is 0.727. The molecule has 0 amide bonds. The first-order chi connectivity index (χ1) is 14.6. The fourth-order valence-electron chi connectivity index (χ4n) is 4.72. The average molecular weight is 405 g/mol. The van der Waals surface area contributed by atoms with Crippen molar-refractivity contribution >= 4 is 11.4 Å². The van der Waals surface area contributed by atoms with Crippen LogP contribution in [0.3, 0.4) is 0 Å². The maximum absolute atomic E-state index is 2.49. The monoisotopic (exact) mass is 404 g/mol. The summed E-state index contributed by atoms with van der Waals surface area (Å²) in [6, 6.07) is 13.8. The van der Waals surface area contributed by atoms with Crippen molar-refractivity contribution in [2.45, 2.75) is 85.5 Å². The molecule has 162 valence electrons. The van der Waals surface area contributed by atoms with Crippen LogP contribution < -0.4 is 9.80 Å². The van der Waals surface area contributed by atoms with Crippen LogP contribution in [0.5, 0.6) is 0 Å². The lowest BCUT2D eigenvalue weighted by Gasteiger charge is -2.29. The Labute approximate surface area is 184 Å². The highest BCUT2D eigenvalue weighted by molar-refractivity contribution is 5.69. The molecule has 1 aliphatic heterocycles. The number of aryl methyl sites for hydroxylation is 3. The zero-order valence-corrected chi connectivity index (χ0v) is 19.7. The van der Waals surface area contributed by atoms with Crippen LogP contribution in [0.25, 0.3) is 0 Å². The van der Waals surface area contributed by atoms with E-state index in [0.29, 0.717) is 5.92 Å². The summed E-state index contributed by atoms with van der Waals surface area (Å²) < 4.78 is 0. The molecule has 1 atom stereocenters. The maximum Gasteiger partial charge on any atom is 0.0989 e. The Morgan fingerprint density at radius 1 is 0.700 bits per heavy atom. The van der Waals surface area contributed by atoms with Crippen LogP contribution in [0.4, 0.5) is 11.4 Å². The first-order valence-electron chi connectivity index (χ1n) is 12.1.